The summed E-state index contributed by atoms with van der Waals surface area (Å²) in [6.45, 7) is 0.883. The number of nitrogens with zero attached hydrogens (tertiary/aromatic N) is 1. The molecule has 1 N–H and O–H groups in total. The lowest BCUT2D eigenvalue weighted by molar-refractivity contribution is 0.270. The van der Waals surface area contributed by atoms with Gasteiger partial charge in [-0.1, -0.05) is 29.8 Å². The van der Waals surface area contributed by atoms with E-state index in [9.17, 15) is 17.2 Å². The van der Waals surface area contributed by atoms with Crippen molar-refractivity contribution in [3.8, 4) is 0 Å². The van der Waals surface area contributed by atoms with E-state index in [-0.39, 0.29) is 24.0 Å². The van der Waals surface area contributed by atoms with Crippen molar-refractivity contribution in [3.63, 3.8) is 0 Å². The monoisotopic (exact) mass is 408 g/mol. The number of rotatable bonds is 3. The highest BCUT2D eigenvalue weighted by atomic mass is 35.5. The molecule has 136 valence electrons. The Bertz CT molecular complexity index is 865. The van der Waals surface area contributed by atoms with Crippen LogP contribution in [0.4, 0.5) is 8.78 Å². The van der Waals surface area contributed by atoms with Gasteiger partial charge in [-0.25, -0.2) is 17.2 Å². The fourth-order valence-electron chi connectivity index (χ4n) is 2.78. The highest BCUT2D eigenvalue weighted by Gasteiger charge is 2.36. The van der Waals surface area contributed by atoms with E-state index >= 15 is 0 Å². The third-order valence-electron chi connectivity index (χ3n) is 3.93. The first-order valence-electron chi connectivity index (χ1n) is 7.33. The molecular weight excluding hydrogens is 393 g/mol. The molecule has 1 aliphatic rings. The first-order chi connectivity index (χ1) is 11.4. The highest BCUT2D eigenvalue weighted by Crippen LogP contribution is 2.31. The molecule has 4 nitrogen and oxygen atoms in total. The molecule has 1 unspecified atom stereocenters. The van der Waals surface area contributed by atoms with Gasteiger partial charge < -0.3 is 5.32 Å². The van der Waals surface area contributed by atoms with Crippen molar-refractivity contribution in [2.45, 2.75) is 10.9 Å². The van der Waals surface area contributed by atoms with E-state index in [1.807, 2.05) is 0 Å². The molecule has 0 aromatic heterocycles. The van der Waals surface area contributed by atoms with Gasteiger partial charge in [-0.2, -0.15) is 4.31 Å². The van der Waals surface area contributed by atoms with E-state index in [2.05, 4.69) is 5.32 Å². The van der Waals surface area contributed by atoms with Gasteiger partial charge in [0.1, 0.15) is 10.7 Å². The second kappa shape index (κ2) is 7.97. The summed E-state index contributed by atoms with van der Waals surface area (Å²) >= 11 is 5.71. The SMILES string of the molecule is Cl.O=S(=O)(c1cccc(Cl)c1F)N1CCNCC1c1cccc(F)c1. The molecule has 0 bridgehead atoms. The molecule has 0 spiro atoms. The Morgan fingerprint density at radius 1 is 1.16 bits per heavy atom. The van der Waals surface area contributed by atoms with Crippen molar-refractivity contribution >= 4 is 34.0 Å². The van der Waals surface area contributed by atoms with Gasteiger partial charge in [-0.05, 0) is 29.8 Å². The third-order valence-corrected chi connectivity index (χ3v) is 6.15. The molecule has 1 heterocycles. The van der Waals surface area contributed by atoms with E-state index in [1.165, 1.54) is 40.7 Å². The second-order valence-electron chi connectivity index (χ2n) is 5.44. The van der Waals surface area contributed by atoms with Gasteiger partial charge in [-0.15, -0.1) is 12.4 Å². The largest absolute Gasteiger partial charge is 0.313 e. The van der Waals surface area contributed by atoms with Crippen LogP contribution in [0.3, 0.4) is 0 Å². The van der Waals surface area contributed by atoms with Crippen molar-refractivity contribution in [2.75, 3.05) is 19.6 Å². The maximum Gasteiger partial charge on any atom is 0.246 e. The summed E-state index contributed by atoms with van der Waals surface area (Å²) in [4.78, 5) is -0.474. The number of benzene rings is 2. The van der Waals surface area contributed by atoms with E-state index in [0.717, 1.165) is 0 Å². The highest BCUT2D eigenvalue weighted by molar-refractivity contribution is 7.89. The lowest BCUT2D eigenvalue weighted by Crippen LogP contribution is -2.48. The molecular formula is C16H16Cl2F2N2O2S. The molecule has 1 saturated heterocycles. The van der Waals surface area contributed by atoms with Crippen LogP contribution in [0.2, 0.25) is 5.02 Å². The minimum absolute atomic E-state index is 0. The summed E-state index contributed by atoms with van der Waals surface area (Å²) in [5.74, 6) is -1.43. The lowest BCUT2D eigenvalue weighted by atomic mass is 10.1. The Kier molecular flexibility index (Phi) is 6.40. The summed E-state index contributed by atoms with van der Waals surface area (Å²) in [6.07, 6.45) is 0. The van der Waals surface area contributed by atoms with Gasteiger partial charge in [0.25, 0.3) is 0 Å². The summed E-state index contributed by atoms with van der Waals surface area (Å²) in [5, 5.41) is 2.83. The summed E-state index contributed by atoms with van der Waals surface area (Å²) < 4.78 is 54.8. The van der Waals surface area contributed by atoms with Crippen LogP contribution in [0, 0.1) is 11.6 Å². The van der Waals surface area contributed by atoms with Crippen LogP contribution in [-0.4, -0.2) is 32.4 Å². The molecule has 0 radical (unpaired) electrons. The predicted octanol–water partition coefficient (Wildman–Crippen LogP) is 3.38. The topological polar surface area (TPSA) is 49.4 Å². The standard InChI is InChI=1S/C16H15ClF2N2O2S.ClH/c17-13-5-2-6-15(16(13)19)24(22,23)21-8-7-20-10-14(21)11-3-1-4-12(18)9-11;/h1-6,9,14,20H,7-8,10H2;1H. The maximum absolute atomic E-state index is 14.2. The van der Waals surface area contributed by atoms with Crippen LogP contribution in [0.1, 0.15) is 11.6 Å². The average molecular weight is 409 g/mol. The van der Waals surface area contributed by atoms with Crippen molar-refractivity contribution in [2.24, 2.45) is 0 Å². The quantitative estimate of drug-likeness (QED) is 0.846. The molecule has 1 fully saturated rings. The number of hydrogen-bond acceptors (Lipinski definition) is 3. The molecule has 3 rings (SSSR count). The Morgan fingerprint density at radius 3 is 2.60 bits per heavy atom. The van der Waals surface area contributed by atoms with E-state index in [1.54, 1.807) is 6.07 Å². The Labute approximate surface area is 156 Å². The zero-order valence-corrected chi connectivity index (χ0v) is 15.3. The number of piperazine rings is 1. The zero-order chi connectivity index (χ0) is 17.3. The normalized spacial score (nSPS) is 18.6. The Morgan fingerprint density at radius 2 is 1.88 bits per heavy atom. The third kappa shape index (κ3) is 3.96. The first kappa shape index (κ1) is 20.1. The van der Waals surface area contributed by atoms with Gasteiger partial charge in [0, 0.05) is 19.6 Å². The van der Waals surface area contributed by atoms with Gasteiger partial charge in [0.15, 0.2) is 5.82 Å². The molecule has 9 heteroatoms. The van der Waals surface area contributed by atoms with Crippen LogP contribution in [0.15, 0.2) is 47.4 Å². The predicted molar refractivity (Wildman–Crippen MR) is 94.6 cm³/mol. The number of halogens is 4. The zero-order valence-electron chi connectivity index (χ0n) is 13.0. The summed E-state index contributed by atoms with van der Waals surface area (Å²) in [6, 6.07) is 8.97. The fraction of sp³-hybridized carbons (Fsp3) is 0.250. The molecule has 0 amide bonds. The summed E-state index contributed by atoms with van der Waals surface area (Å²) in [7, 11) is -4.11. The molecule has 0 saturated carbocycles. The van der Waals surface area contributed by atoms with Crippen LogP contribution >= 0.6 is 24.0 Å². The fourth-order valence-corrected chi connectivity index (χ4v) is 4.71. The van der Waals surface area contributed by atoms with Crippen LogP contribution in [-0.2, 0) is 10.0 Å². The Hall–Kier alpha value is -1.25. The van der Waals surface area contributed by atoms with E-state index < -0.39 is 32.6 Å². The number of hydrogen-bond donors (Lipinski definition) is 1. The molecule has 25 heavy (non-hydrogen) atoms. The van der Waals surface area contributed by atoms with Crippen molar-refractivity contribution in [3.05, 3.63) is 64.7 Å². The van der Waals surface area contributed by atoms with Crippen molar-refractivity contribution in [1.29, 1.82) is 0 Å². The van der Waals surface area contributed by atoms with E-state index in [4.69, 9.17) is 11.6 Å². The molecule has 2 aromatic rings. The number of nitrogens with one attached hydrogen (secondary N) is 1. The van der Waals surface area contributed by atoms with Crippen molar-refractivity contribution < 1.29 is 17.2 Å². The smallest absolute Gasteiger partial charge is 0.246 e. The lowest BCUT2D eigenvalue weighted by Gasteiger charge is -2.35. The first-order valence-corrected chi connectivity index (χ1v) is 9.15. The van der Waals surface area contributed by atoms with Gasteiger partial charge >= 0.3 is 0 Å². The molecule has 2 aromatic carbocycles. The van der Waals surface area contributed by atoms with Gasteiger partial charge in [0.05, 0.1) is 11.1 Å². The van der Waals surface area contributed by atoms with Crippen LogP contribution < -0.4 is 5.32 Å². The number of sulfonamides is 1. The van der Waals surface area contributed by atoms with Gasteiger partial charge in [0.2, 0.25) is 10.0 Å². The maximum atomic E-state index is 14.2. The van der Waals surface area contributed by atoms with Crippen LogP contribution in [0.5, 0.6) is 0 Å². The Balaban J connectivity index is 0.00000225. The molecule has 1 aliphatic heterocycles. The molecule has 1 atom stereocenters. The molecule has 0 aliphatic carbocycles. The van der Waals surface area contributed by atoms with E-state index in [0.29, 0.717) is 18.7 Å². The summed E-state index contributed by atoms with van der Waals surface area (Å²) in [5.41, 5.74) is 0.508. The van der Waals surface area contributed by atoms with Crippen molar-refractivity contribution in [1.82, 2.24) is 9.62 Å². The minimum Gasteiger partial charge on any atom is -0.313 e. The second-order valence-corrected chi connectivity index (χ2v) is 7.71. The van der Waals surface area contributed by atoms with Gasteiger partial charge in [-0.3, -0.25) is 0 Å². The average Bonchev–Trinajstić information content (AvgIpc) is 2.57. The minimum atomic E-state index is -4.11. The van der Waals surface area contributed by atoms with Crippen LogP contribution in [0.25, 0.3) is 0 Å².